The molecule has 42 heavy (non-hydrogen) atoms. The number of amides is 1. The summed E-state index contributed by atoms with van der Waals surface area (Å²) >= 11 is 0. The highest BCUT2D eigenvalue weighted by atomic mass is 19.2. The maximum atomic E-state index is 15.1. The third kappa shape index (κ3) is 5.02. The Morgan fingerprint density at radius 2 is 1.71 bits per heavy atom. The second kappa shape index (κ2) is 11.0. The van der Waals surface area contributed by atoms with Crippen molar-refractivity contribution in [1.82, 2.24) is 15.0 Å². The van der Waals surface area contributed by atoms with Crippen LogP contribution in [-0.4, -0.2) is 33.1 Å². The molecule has 0 saturated carbocycles. The Morgan fingerprint density at radius 1 is 0.952 bits per heavy atom. The van der Waals surface area contributed by atoms with E-state index in [-0.39, 0.29) is 28.1 Å². The first-order valence-electron chi connectivity index (χ1n) is 12.4. The summed E-state index contributed by atoms with van der Waals surface area (Å²) in [4.78, 5) is 25.7. The van der Waals surface area contributed by atoms with E-state index >= 15 is 13.2 Å². The maximum absolute atomic E-state index is 15.1. The van der Waals surface area contributed by atoms with Crippen LogP contribution in [0.15, 0.2) is 48.8 Å². The number of rotatable bonds is 6. The number of aryl methyl sites for hydroxylation is 3. The molecule has 0 saturated heterocycles. The van der Waals surface area contributed by atoms with Gasteiger partial charge in [0.15, 0.2) is 17.4 Å². The molecule has 2 N–H and O–H groups in total. The van der Waals surface area contributed by atoms with Gasteiger partial charge in [0.1, 0.15) is 28.4 Å². The molecular weight excluding hydrogens is 556 g/mol. The second-order valence-corrected chi connectivity index (χ2v) is 9.31. The van der Waals surface area contributed by atoms with Gasteiger partial charge >= 0.3 is 0 Å². The number of fused-ring (bicyclic) bond motifs is 1. The van der Waals surface area contributed by atoms with Crippen molar-refractivity contribution in [3.8, 4) is 34.1 Å². The summed E-state index contributed by atoms with van der Waals surface area (Å²) in [6.07, 6.45) is 2.66. The predicted octanol–water partition coefficient (Wildman–Crippen LogP) is 6.93. The number of nitrogens with zero attached hydrogens (tertiary/aromatic N) is 3. The van der Waals surface area contributed by atoms with E-state index in [9.17, 15) is 14.3 Å². The van der Waals surface area contributed by atoms with Crippen LogP contribution in [-0.2, 0) is 0 Å². The third-order valence-corrected chi connectivity index (χ3v) is 6.55. The molecule has 0 aliphatic rings. The van der Waals surface area contributed by atoms with Gasteiger partial charge in [-0.3, -0.25) is 14.8 Å². The van der Waals surface area contributed by atoms with E-state index in [1.807, 2.05) is 0 Å². The summed E-state index contributed by atoms with van der Waals surface area (Å²) in [5.74, 6) is -7.52. The normalized spacial score (nSPS) is 11.0. The average molecular weight is 579 g/mol. The van der Waals surface area contributed by atoms with Crippen LogP contribution in [0.5, 0.6) is 23.0 Å². The number of carbonyl (C=O) groups is 1. The number of methoxy groups -OCH3 is 1. The second-order valence-electron chi connectivity index (χ2n) is 9.31. The molecule has 5 aromatic rings. The highest BCUT2D eigenvalue weighted by Gasteiger charge is 2.27. The van der Waals surface area contributed by atoms with E-state index in [2.05, 4.69) is 20.3 Å². The molecule has 214 valence electrons. The number of hydrogen-bond acceptors (Lipinski definition) is 7. The Morgan fingerprint density at radius 3 is 2.43 bits per heavy atom. The van der Waals surface area contributed by atoms with Gasteiger partial charge < -0.3 is 19.9 Å². The summed E-state index contributed by atoms with van der Waals surface area (Å²) in [5, 5.41) is 13.2. The van der Waals surface area contributed by atoms with Crippen molar-refractivity contribution < 1.29 is 36.9 Å². The van der Waals surface area contributed by atoms with Crippen molar-refractivity contribution in [1.29, 1.82) is 0 Å². The lowest BCUT2D eigenvalue weighted by molar-refractivity contribution is 0.102. The van der Waals surface area contributed by atoms with Crippen LogP contribution >= 0.6 is 0 Å². The number of carbonyl (C=O) groups excluding carboxylic acids is 1. The zero-order valence-electron chi connectivity index (χ0n) is 22.6. The molecule has 0 aliphatic carbocycles. The van der Waals surface area contributed by atoms with Crippen LogP contribution < -0.4 is 14.8 Å². The number of hydrogen-bond donors (Lipinski definition) is 2. The molecule has 0 spiro atoms. The summed E-state index contributed by atoms with van der Waals surface area (Å²) < 4.78 is 69.5. The first kappa shape index (κ1) is 28.3. The van der Waals surface area contributed by atoms with Crippen molar-refractivity contribution in [2.45, 2.75) is 20.8 Å². The molecular formula is C30H22F4N4O4. The number of ether oxygens (including phenoxy) is 2. The van der Waals surface area contributed by atoms with E-state index in [1.165, 1.54) is 56.8 Å². The van der Waals surface area contributed by atoms with Gasteiger partial charge in [-0.15, -0.1) is 0 Å². The molecule has 0 aliphatic heterocycles. The number of pyridine rings is 3. The molecule has 3 heterocycles. The van der Waals surface area contributed by atoms with Crippen LogP contribution in [0.25, 0.3) is 22.2 Å². The Kier molecular flexibility index (Phi) is 7.38. The average Bonchev–Trinajstić information content (AvgIpc) is 2.94. The first-order valence-corrected chi connectivity index (χ1v) is 12.4. The van der Waals surface area contributed by atoms with Gasteiger partial charge in [0.05, 0.1) is 30.2 Å². The lowest BCUT2D eigenvalue weighted by Gasteiger charge is -2.17. The lowest BCUT2D eigenvalue weighted by atomic mass is 9.95. The third-order valence-electron chi connectivity index (χ3n) is 6.55. The number of nitrogens with one attached hydrogen (secondary N) is 1. The van der Waals surface area contributed by atoms with Crippen LogP contribution in [0.2, 0.25) is 0 Å². The number of anilines is 1. The Hall–Kier alpha value is -5.26. The molecule has 0 bridgehead atoms. The quantitative estimate of drug-likeness (QED) is 0.166. The molecule has 2 aromatic carbocycles. The summed E-state index contributed by atoms with van der Waals surface area (Å²) in [5.41, 5.74) is 0.684. The predicted molar refractivity (Wildman–Crippen MR) is 146 cm³/mol. The van der Waals surface area contributed by atoms with Gasteiger partial charge in [-0.05, 0) is 44.0 Å². The smallest absolute Gasteiger partial charge is 0.261 e. The first-order chi connectivity index (χ1) is 20.0. The molecule has 1 amide bonds. The molecule has 5 rings (SSSR count). The largest absolute Gasteiger partial charge is 0.506 e. The molecule has 0 radical (unpaired) electrons. The topological polar surface area (TPSA) is 106 Å². The molecule has 3 aromatic heterocycles. The van der Waals surface area contributed by atoms with Gasteiger partial charge in [0.25, 0.3) is 5.91 Å². The fourth-order valence-electron chi connectivity index (χ4n) is 4.57. The van der Waals surface area contributed by atoms with Gasteiger partial charge in [0, 0.05) is 35.7 Å². The Bertz CT molecular complexity index is 1900. The summed E-state index contributed by atoms with van der Waals surface area (Å²) in [6.45, 7) is 4.64. The van der Waals surface area contributed by atoms with Crippen molar-refractivity contribution in [3.63, 3.8) is 0 Å². The standard InChI is InChI=1S/C30H22F4N4O4/c1-13-9-16(31)5-6-18(13)23-14(2)37-15(3)24(28(23)39)30(40)38-20-11-19(32)29(26(34)25(20)33)42-22-7-8-35-21-10-17(41-4)12-36-27(21)22/h5-12H,1-4H3,(H,37,39)(H,38,40). The minimum atomic E-state index is -1.71. The van der Waals surface area contributed by atoms with Gasteiger partial charge in [-0.25, -0.2) is 18.2 Å². The van der Waals surface area contributed by atoms with E-state index in [4.69, 9.17) is 9.47 Å². The molecule has 0 atom stereocenters. The van der Waals surface area contributed by atoms with E-state index < -0.39 is 46.4 Å². The number of halogens is 4. The van der Waals surface area contributed by atoms with Crippen LogP contribution in [0, 0.1) is 44.0 Å². The number of aromatic nitrogens is 3. The van der Waals surface area contributed by atoms with Gasteiger partial charge in [-0.1, -0.05) is 6.07 Å². The minimum Gasteiger partial charge on any atom is -0.506 e. The van der Waals surface area contributed by atoms with E-state index in [0.717, 1.165) is 0 Å². The Balaban J connectivity index is 1.49. The van der Waals surface area contributed by atoms with Crippen LogP contribution in [0.3, 0.4) is 0 Å². The van der Waals surface area contributed by atoms with Crippen molar-refractivity contribution in [2.75, 3.05) is 12.4 Å². The fourth-order valence-corrected chi connectivity index (χ4v) is 4.57. The zero-order chi connectivity index (χ0) is 30.3. The maximum Gasteiger partial charge on any atom is 0.261 e. The van der Waals surface area contributed by atoms with Crippen molar-refractivity contribution in [3.05, 3.63) is 94.6 Å². The van der Waals surface area contributed by atoms with Gasteiger partial charge in [0.2, 0.25) is 11.6 Å². The zero-order valence-corrected chi connectivity index (χ0v) is 22.6. The number of aromatic hydroxyl groups is 1. The van der Waals surface area contributed by atoms with Crippen molar-refractivity contribution >= 4 is 22.6 Å². The fraction of sp³-hybridized carbons (Fsp3) is 0.133. The van der Waals surface area contributed by atoms with E-state index in [0.29, 0.717) is 34.2 Å². The Labute approximate surface area is 236 Å². The highest BCUT2D eigenvalue weighted by molar-refractivity contribution is 6.08. The highest BCUT2D eigenvalue weighted by Crippen LogP contribution is 2.39. The monoisotopic (exact) mass is 578 g/mol. The molecule has 8 nitrogen and oxygen atoms in total. The number of benzene rings is 2. The molecule has 0 fully saturated rings. The van der Waals surface area contributed by atoms with Crippen molar-refractivity contribution in [2.24, 2.45) is 0 Å². The van der Waals surface area contributed by atoms with Crippen LogP contribution in [0.1, 0.15) is 27.3 Å². The van der Waals surface area contributed by atoms with Gasteiger partial charge in [-0.2, -0.15) is 4.39 Å². The molecule has 0 unspecified atom stereocenters. The summed E-state index contributed by atoms with van der Waals surface area (Å²) in [7, 11) is 1.43. The minimum absolute atomic E-state index is 0.0704. The summed E-state index contributed by atoms with van der Waals surface area (Å²) in [6, 6.07) is 7.23. The SMILES string of the molecule is COc1cnc2c(Oc3c(F)cc(NC(=O)c4c(C)nc(C)c(-c5ccc(F)cc5C)c4O)c(F)c3F)ccnc2c1. The molecule has 12 heteroatoms. The van der Waals surface area contributed by atoms with Crippen LogP contribution in [0.4, 0.5) is 23.2 Å². The van der Waals surface area contributed by atoms with E-state index in [1.54, 1.807) is 13.8 Å². The lowest BCUT2D eigenvalue weighted by Crippen LogP contribution is -2.17.